The quantitative estimate of drug-likeness (QED) is 0.688. The first kappa shape index (κ1) is 13.5. The molecule has 104 valence electrons. The number of ether oxygens (including phenoxy) is 1. The topological polar surface area (TPSA) is 9.23 Å². The Labute approximate surface area is 126 Å². The van der Waals surface area contributed by atoms with Crippen molar-refractivity contribution in [3.63, 3.8) is 0 Å². The van der Waals surface area contributed by atoms with E-state index in [1.807, 2.05) is 48.5 Å². The first-order valence-corrected chi connectivity index (χ1v) is 7.39. The summed E-state index contributed by atoms with van der Waals surface area (Å²) in [5.74, 6) is 7.48. The van der Waals surface area contributed by atoms with Gasteiger partial charge >= 0.3 is 0 Å². The summed E-state index contributed by atoms with van der Waals surface area (Å²) in [6.45, 7) is 0. The minimum atomic E-state index is 0.00826. The Bertz CT molecular complexity index is 659. The standard InChI is InChI=1S/C20H18O/c1-3-8-17(9-4-1)14-15-19-12-7-13-20(21-19)16-18-10-5-2-6-11-18/h1-6,8-11,16,19H,7,12-13H2/b20-16-. The van der Waals surface area contributed by atoms with Crippen LogP contribution >= 0.6 is 0 Å². The summed E-state index contributed by atoms with van der Waals surface area (Å²) in [6, 6.07) is 20.4. The molecule has 0 bridgehead atoms. The zero-order chi connectivity index (χ0) is 14.3. The lowest BCUT2D eigenvalue weighted by molar-refractivity contribution is 0.119. The van der Waals surface area contributed by atoms with Gasteiger partial charge in [-0.3, -0.25) is 0 Å². The third kappa shape index (κ3) is 4.00. The summed E-state index contributed by atoms with van der Waals surface area (Å²) in [6.07, 6.45) is 5.27. The first-order chi connectivity index (χ1) is 10.4. The van der Waals surface area contributed by atoms with Crippen molar-refractivity contribution >= 4 is 6.08 Å². The maximum absolute atomic E-state index is 6.00. The Morgan fingerprint density at radius 3 is 2.43 bits per heavy atom. The van der Waals surface area contributed by atoms with Crippen LogP contribution in [0.5, 0.6) is 0 Å². The Morgan fingerprint density at radius 2 is 1.67 bits per heavy atom. The normalized spacial score (nSPS) is 19.4. The molecule has 1 atom stereocenters. The summed E-state index contributed by atoms with van der Waals surface area (Å²) in [5.41, 5.74) is 2.23. The smallest absolute Gasteiger partial charge is 0.159 e. The average Bonchev–Trinajstić information content (AvgIpc) is 2.55. The van der Waals surface area contributed by atoms with E-state index >= 15 is 0 Å². The molecule has 1 saturated heterocycles. The van der Waals surface area contributed by atoms with Crippen molar-refractivity contribution < 1.29 is 4.74 Å². The maximum atomic E-state index is 6.00. The molecule has 1 nitrogen and oxygen atoms in total. The van der Waals surface area contributed by atoms with Gasteiger partial charge in [0.05, 0.1) is 5.76 Å². The van der Waals surface area contributed by atoms with Crippen molar-refractivity contribution in [2.24, 2.45) is 0 Å². The lowest BCUT2D eigenvalue weighted by atomic mass is 10.1. The fourth-order valence-corrected chi connectivity index (χ4v) is 2.39. The van der Waals surface area contributed by atoms with Crippen molar-refractivity contribution in [2.75, 3.05) is 0 Å². The number of rotatable bonds is 1. The van der Waals surface area contributed by atoms with E-state index in [1.165, 1.54) is 5.56 Å². The summed E-state index contributed by atoms with van der Waals surface area (Å²) in [7, 11) is 0. The van der Waals surface area contributed by atoms with E-state index < -0.39 is 0 Å². The monoisotopic (exact) mass is 274 g/mol. The van der Waals surface area contributed by atoms with Gasteiger partial charge in [-0.2, -0.15) is 0 Å². The molecule has 0 radical (unpaired) electrons. The first-order valence-electron chi connectivity index (χ1n) is 7.39. The number of hydrogen-bond acceptors (Lipinski definition) is 1. The van der Waals surface area contributed by atoms with Gasteiger partial charge < -0.3 is 4.74 Å². The molecule has 0 aliphatic carbocycles. The molecule has 1 fully saturated rings. The van der Waals surface area contributed by atoms with Crippen LogP contribution in [-0.2, 0) is 4.74 Å². The maximum Gasteiger partial charge on any atom is 0.159 e. The molecule has 1 aliphatic rings. The van der Waals surface area contributed by atoms with Crippen LogP contribution in [0.4, 0.5) is 0 Å². The van der Waals surface area contributed by atoms with Gasteiger partial charge in [0.1, 0.15) is 0 Å². The molecule has 0 saturated carbocycles. The summed E-state index contributed by atoms with van der Waals surface area (Å²) in [4.78, 5) is 0. The van der Waals surface area contributed by atoms with Crippen molar-refractivity contribution in [3.8, 4) is 11.8 Å². The summed E-state index contributed by atoms with van der Waals surface area (Å²) >= 11 is 0. The second-order valence-electron chi connectivity index (χ2n) is 5.16. The Balaban J connectivity index is 1.69. The van der Waals surface area contributed by atoms with Crippen molar-refractivity contribution in [2.45, 2.75) is 25.4 Å². The van der Waals surface area contributed by atoms with Crippen LogP contribution in [0.3, 0.4) is 0 Å². The Hall–Kier alpha value is -2.46. The van der Waals surface area contributed by atoms with Gasteiger partial charge in [-0.25, -0.2) is 0 Å². The Morgan fingerprint density at radius 1 is 0.952 bits per heavy atom. The van der Waals surface area contributed by atoms with Gasteiger partial charge in [-0.15, -0.1) is 0 Å². The van der Waals surface area contributed by atoms with Crippen molar-refractivity contribution in [3.05, 3.63) is 77.5 Å². The zero-order valence-corrected chi connectivity index (χ0v) is 12.0. The molecule has 3 rings (SSSR count). The van der Waals surface area contributed by atoms with Crippen molar-refractivity contribution in [1.29, 1.82) is 0 Å². The van der Waals surface area contributed by atoms with Crippen LogP contribution in [0.15, 0.2) is 66.4 Å². The molecule has 2 aromatic carbocycles. The highest BCUT2D eigenvalue weighted by molar-refractivity contribution is 5.51. The van der Waals surface area contributed by atoms with E-state index in [9.17, 15) is 0 Å². The van der Waals surface area contributed by atoms with E-state index in [2.05, 4.69) is 30.0 Å². The lowest BCUT2D eigenvalue weighted by Gasteiger charge is -2.22. The largest absolute Gasteiger partial charge is 0.482 e. The molecule has 1 unspecified atom stereocenters. The van der Waals surface area contributed by atoms with Crippen LogP contribution in [0.2, 0.25) is 0 Å². The van der Waals surface area contributed by atoms with Crippen molar-refractivity contribution in [1.82, 2.24) is 0 Å². The molecule has 0 amide bonds. The highest BCUT2D eigenvalue weighted by Crippen LogP contribution is 2.23. The highest BCUT2D eigenvalue weighted by atomic mass is 16.5. The fraction of sp³-hybridized carbons (Fsp3) is 0.200. The summed E-state index contributed by atoms with van der Waals surface area (Å²) < 4.78 is 6.00. The van der Waals surface area contributed by atoms with Crippen LogP contribution in [0.25, 0.3) is 6.08 Å². The summed E-state index contributed by atoms with van der Waals surface area (Å²) in [5, 5.41) is 0. The molecule has 1 heteroatoms. The number of benzene rings is 2. The van der Waals surface area contributed by atoms with Gasteiger partial charge in [-0.1, -0.05) is 60.4 Å². The van der Waals surface area contributed by atoms with Gasteiger partial charge in [0.15, 0.2) is 6.10 Å². The van der Waals surface area contributed by atoms with E-state index in [0.29, 0.717) is 0 Å². The molecular formula is C20H18O. The highest BCUT2D eigenvalue weighted by Gasteiger charge is 2.15. The van der Waals surface area contributed by atoms with Gasteiger partial charge in [0.2, 0.25) is 0 Å². The minimum absolute atomic E-state index is 0.00826. The van der Waals surface area contributed by atoms with E-state index in [-0.39, 0.29) is 6.10 Å². The zero-order valence-electron chi connectivity index (χ0n) is 12.0. The second-order valence-corrected chi connectivity index (χ2v) is 5.16. The van der Waals surface area contributed by atoms with Gasteiger partial charge in [0, 0.05) is 12.0 Å². The van der Waals surface area contributed by atoms with E-state index in [1.54, 1.807) is 0 Å². The molecule has 1 aliphatic heterocycles. The second kappa shape index (κ2) is 6.81. The SMILES string of the molecule is C(#CC1CCC/C(=C/c2ccccc2)O1)c1ccccc1. The van der Waals surface area contributed by atoms with E-state index in [4.69, 9.17) is 4.74 Å². The van der Waals surface area contributed by atoms with Gasteiger partial charge in [-0.05, 0) is 36.6 Å². The number of allylic oxidation sites excluding steroid dienone is 1. The molecule has 1 heterocycles. The minimum Gasteiger partial charge on any atom is -0.482 e. The molecule has 0 spiro atoms. The van der Waals surface area contributed by atoms with Crippen LogP contribution in [0.1, 0.15) is 30.4 Å². The third-order valence-corrected chi connectivity index (χ3v) is 3.46. The fourth-order valence-electron chi connectivity index (χ4n) is 2.39. The van der Waals surface area contributed by atoms with Crippen LogP contribution < -0.4 is 0 Å². The Kier molecular flexibility index (Phi) is 4.39. The molecule has 0 aromatic heterocycles. The van der Waals surface area contributed by atoms with Gasteiger partial charge in [0.25, 0.3) is 0 Å². The lowest BCUT2D eigenvalue weighted by Crippen LogP contribution is -2.15. The van der Waals surface area contributed by atoms with Crippen LogP contribution in [-0.4, -0.2) is 6.10 Å². The van der Waals surface area contributed by atoms with E-state index in [0.717, 1.165) is 30.6 Å². The third-order valence-electron chi connectivity index (χ3n) is 3.46. The van der Waals surface area contributed by atoms with Crippen LogP contribution in [0, 0.1) is 11.8 Å². The molecule has 0 N–H and O–H groups in total. The molecule has 21 heavy (non-hydrogen) atoms. The molecule has 2 aromatic rings. The predicted octanol–water partition coefficient (Wildman–Crippen LogP) is 4.65. The average molecular weight is 274 g/mol. The number of hydrogen-bond donors (Lipinski definition) is 0. The predicted molar refractivity (Wildman–Crippen MR) is 86.5 cm³/mol. The molecular weight excluding hydrogens is 256 g/mol.